The topological polar surface area (TPSA) is 136 Å². The second-order valence-electron chi connectivity index (χ2n) is 4.10. The molecule has 0 radical (unpaired) electrons. The molecular formula is C12H14ClN3O4. The molecule has 1 atom stereocenters. The number of halogens is 1. The van der Waals surface area contributed by atoms with Crippen LogP contribution >= 0.6 is 11.6 Å². The largest absolute Gasteiger partial charge is 0.481 e. The van der Waals surface area contributed by atoms with Crippen molar-refractivity contribution in [1.82, 2.24) is 5.32 Å². The molecule has 0 spiro atoms. The number of nitrogens with two attached hydrogens (primary N) is 2. The molecule has 0 aliphatic rings. The quantitative estimate of drug-likeness (QED) is 0.563. The summed E-state index contributed by atoms with van der Waals surface area (Å²) in [4.78, 5) is 33.5. The molecule has 0 unspecified atom stereocenters. The summed E-state index contributed by atoms with van der Waals surface area (Å²) in [6, 6.07) is 3.18. The first kappa shape index (κ1) is 15.8. The molecule has 20 heavy (non-hydrogen) atoms. The molecular weight excluding hydrogens is 286 g/mol. The minimum absolute atomic E-state index is 0.0842. The van der Waals surface area contributed by atoms with Gasteiger partial charge in [-0.1, -0.05) is 11.6 Å². The van der Waals surface area contributed by atoms with Gasteiger partial charge in [-0.05, 0) is 24.6 Å². The summed E-state index contributed by atoms with van der Waals surface area (Å²) in [6.45, 7) is 0. The highest BCUT2D eigenvalue weighted by Crippen LogP contribution is 2.19. The first-order valence-corrected chi connectivity index (χ1v) is 6.06. The van der Waals surface area contributed by atoms with Gasteiger partial charge in [-0.25, -0.2) is 0 Å². The van der Waals surface area contributed by atoms with Gasteiger partial charge in [0.05, 0.1) is 10.7 Å². The van der Waals surface area contributed by atoms with Crippen molar-refractivity contribution in [2.45, 2.75) is 18.9 Å². The van der Waals surface area contributed by atoms with E-state index in [-0.39, 0.29) is 23.4 Å². The Morgan fingerprint density at radius 2 is 2.00 bits per heavy atom. The van der Waals surface area contributed by atoms with E-state index in [1.54, 1.807) is 0 Å². The predicted molar refractivity (Wildman–Crippen MR) is 73.2 cm³/mol. The number of amides is 2. The van der Waals surface area contributed by atoms with Crippen LogP contribution in [0.1, 0.15) is 23.2 Å². The van der Waals surface area contributed by atoms with Crippen LogP contribution < -0.4 is 16.8 Å². The minimum atomic E-state index is -1.08. The third-order valence-electron chi connectivity index (χ3n) is 2.56. The number of nitrogen functional groups attached to an aromatic ring is 1. The van der Waals surface area contributed by atoms with Gasteiger partial charge in [0.1, 0.15) is 6.04 Å². The molecule has 0 aliphatic heterocycles. The van der Waals surface area contributed by atoms with Crippen LogP contribution in [-0.2, 0) is 9.59 Å². The summed E-state index contributed by atoms with van der Waals surface area (Å²) >= 11 is 5.79. The number of hydrogen-bond acceptors (Lipinski definition) is 4. The maximum atomic E-state index is 11.9. The summed E-state index contributed by atoms with van der Waals surface area (Å²) in [5, 5.41) is 11.1. The number of primary amides is 1. The molecule has 0 aromatic heterocycles. The zero-order valence-corrected chi connectivity index (χ0v) is 11.2. The van der Waals surface area contributed by atoms with Crippen molar-refractivity contribution in [2.24, 2.45) is 5.73 Å². The lowest BCUT2D eigenvalue weighted by molar-refractivity contribution is -0.137. The smallest absolute Gasteiger partial charge is 0.303 e. The molecule has 6 N–H and O–H groups in total. The van der Waals surface area contributed by atoms with Crippen LogP contribution in [0.4, 0.5) is 5.69 Å². The third kappa shape index (κ3) is 4.43. The zero-order valence-electron chi connectivity index (χ0n) is 10.4. The van der Waals surface area contributed by atoms with E-state index in [1.807, 2.05) is 0 Å². The fraction of sp³-hybridized carbons (Fsp3) is 0.250. The monoisotopic (exact) mass is 299 g/mol. The average Bonchev–Trinajstić information content (AvgIpc) is 2.36. The number of carboxylic acid groups (broad SMARTS) is 1. The number of rotatable bonds is 6. The lowest BCUT2D eigenvalue weighted by Gasteiger charge is -2.14. The number of benzene rings is 1. The molecule has 1 aromatic carbocycles. The van der Waals surface area contributed by atoms with Crippen LogP contribution in [0.25, 0.3) is 0 Å². The van der Waals surface area contributed by atoms with Gasteiger partial charge in [0.15, 0.2) is 0 Å². The van der Waals surface area contributed by atoms with Crippen molar-refractivity contribution in [1.29, 1.82) is 0 Å². The van der Waals surface area contributed by atoms with E-state index in [0.717, 1.165) is 0 Å². The molecule has 1 rings (SSSR count). The molecule has 108 valence electrons. The van der Waals surface area contributed by atoms with Crippen LogP contribution in [0.15, 0.2) is 18.2 Å². The second-order valence-corrected chi connectivity index (χ2v) is 4.50. The molecule has 0 bridgehead atoms. The number of anilines is 1. The predicted octanol–water partition coefficient (Wildman–Crippen LogP) is 0.371. The lowest BCUT2D eigenvalue weighted by atomic mass is 10.1. The van der Waals surface area contributed by atoms with E-state index < -0.39 is 23.8 Å². The molecule has 0 saturated carbocycles. The minimum Gasteiger partial charge on any atom is -0.481 e. The number of nitrogens with one attached hydrogen (secondary N) is 1. The summed E-state index contributed by atoms with van der Waals surface area (Å²) in [5.41, 5.74) is 11.1. The Bertz CT molecular complexity index is 548. The first-order chi connectivity index (χ1) is 9.31. The lowest BCUT2D eigenvalue weighted by Crippen LogP contribution is -2.44. The Balaban J connectivity index is 2.77. The molecule has 0 heterocycles. The molecule has 8 heteroatoms. The maximum Gasteiger partial charge on any atom is 0.303 e. The average molecular weight is 300 g/mol. The Hall–Kier alpha value is -2.28. The number of aliphatic carboxylic acids is 1. The van der Waals surface area contributed by atoms with Crippen LogP contribution in [0.2, 0.25) is 5.02 Å². The Morgan fingerprint density at radius 1 is 1.35 bits per heavy atom. The normalized spacial score (nSPS) is 11.7. The Labute approximate surface area is 119 Å². The second kappa shape index (κ2) is 6.76. The fourth-order valence-corrected chi connectivity index (χ4v) is 1.64. The molecule has 0 saturated heterocycles. The van der Waals surface area contributed by atoms with Crippen LogP contribution in [0, 0.1) is 0 Å². The standard InChI is InChI=1S/C12H14ClN3O4/c13-7-5-6(1-2-8(7)14)12(20)16-9(11(15)19)3-4-10(17)18/h1-2,5,9H,3-4,14H2,(H2,15,19)(H,16,20)(H,17,18)/t9-/m0/s1. The Morgan fingerprint density at radius 3 is 2.50 bits per heavy atom. The number of carbonyl (C=O) groups excluding carboxylic acids is 2. The van der Waals surface area contributed by atoms with E-state index in [2.05, 4.69) is 5.32 Å². The highest BCUT2D eigenvalue weighted by molar-refractivity contribution is 6.33. The highest BCUT2D eigenvalue weighted by atomic mass is 35.5. The van der Waals surface area contributed by atoms with Gasteiger partial charge in [0, 0.05) is 12.0 Å². The van der Waals surface area contributed by atoms with Gasteiger partial charge in [-0.3, -0.25) is 14.4 Å². The SMILES string of the molecule is NC(=O)[C@H](CCC(=O)O)NC(=O)c1ccc(N)c(Cl)c1. The van der Waals surface area contributed by atoms with Crippen molar-refractivity contribution >= 4 is 35.1 Å². The number of hydrogen-bond donors (Lipinski definition) is 4. The van der Waals surface area contributed by atoms with E-state index in [0.29, 0.717) is 5.69 Å². The van der Waals surface area contributed by atoms with E-state index in [9.17, 15) is 14.4 Å². The molecule has 7 nitrogen and oxygen atoms in total. The summed E-state index contributed by atoms with van der Waals surface area (Å²) < 4.78 is 0. The molecule has 2 amide bonds. The first-order valence-electron chi connectivity index (χ1n) is 5.68. The van der Waals surface area contributed by atoms with Crippen molar-refractivity contribution < 1.29 is 19.5 Å². The maximum absolute atomic E-state index is 11.9. The van der Waals surface area contributed by atoms with Gasteiger partial charge >= 0.3 is 5.97 Å². The van der Waals surface area contributed by atoms with E-state index in [1.165, 1.54) is 18.2 Å². The highest BCUT2D eigenvalue weighted by Gasteiger charge is 2.20. The molecule has 0 fully saturated rings. The zero-order chi connectivity index (χ0) is 15.3. The van der Waals surface area contributed by atoms with Crippen LogP contribution in [0.5, 0.6) is 0 Å². The summed E-state index contributed by atoms with van der Waals surface area (Å²) in [5.74, 6) is -2.47. The van der Waals surface area contributed by atoms with Gasteiger partial charge in [-0.15, -0.1) is 0 Å². The number of carboxylic acids is 1. The third-order valence-corrected chi connectivity index (χ3v) is 2.89. The summed E-state index contributed by atoms with van der Waals surface area (Å²) in [7, 11) is 0. The van der Waals surface area contributed by atoms with Crippen molar-refractivity contribution in [3.05, 3.63) is 28.8 Å². The van der Waals surface area contributed by atoms with Crippen LogP contribution in [-0.4, -0.2) is 28.9 Å². The molecule has 1 aromatic rings. The van der Waals surface area contributed by atoms with Crippen molar-refractivity contribution in [3.8, 4) is 0 Å². The van der Waals surface area contributed by atoms with Gasteiger partial charge in [0.25, 0.3) is 5.91 Å². The number of carbonyl (C=O) groups is 3. The fourth-order valence-electron chi connectivity index (χ4n) is 1.46. The van der Waals surface area contributed by atoms with Gasteiger partial charge < -0.3 is 21.9 Å². The van der Waals surface area contributed by atoms with Crippen molar-refractivity contribution in [2.75, 3.05) is 5.73 Å². The van der Waals surface area contributed by atoms with E-state index >= 15 is 0 Å². The Kier molecular flexibility index (Phi) is 5.33. The summed E-state index contributed by atoms with van der Waals surface area (Å²) in [6.07, 6.45) is -0.366. The van der Waals surface area contributed by atoms with E-state index in [4.69, 9.17) is 28.2 Å². The van der Waals surface area contributed by atoms with Crippen LogP contribution in [0.3, 0.4) is 0 Å². The van der Waals surface area contributed by atoms with Gasteiger partial charge in [0.2, 0.25) is 5.91 Å². The van der Waals surface area contributed by atoms with Gasteiger partial charge in [-0.2, -0.15) is 0 Å². The van der Waals surface area contributed by atoms with Crippen molar-refractivity contribution in [3.63, 3.8) is 0 Å². The molecule has 0 aliphatic carbocycles.